The molecular formula is C29H37NO5. The second-order valence-electron chi connectivity index (χ2n) is 12.2. The lowest BCUT2D eigenvalue weighted by molar-refractivity contribution is -0.145. The summed E-state index contributed by atoms with van der Waals surface area (Å²) < 4.78 is 5.85. The molecule has 0 bridgehead atoms. The molecule has 0 saturated carbocycles. The highest BCUT2D eigenvalue weighted by Crippen LogP contribution is 2.42. The van der Waals surface area contributed by atoms with E-state index in [2.05, 4.69) is 53.7 Å². The Hall–Kier alpha value is -3.15. The van der Waals surface area contributed by atoms with Gasteiger partial charge in [-0.25, -0.2) is 4.79 Å². The average molecular weight is 480 g/mol. The fourth-order valence-corrected chi connectivity index (χ4v) is 4.98. The Labute approximate surface area is 208 Å². The van der Waals surface area contributed by atoms with Crippen LogP contribution in [0.5, 0.6) is 5.75 Å². The molecule has 0 aromatic heterocycles. The van der Waals surface area contributed by atoms with Crippen LogP contribution in [0.3, 0.4) is 0 Å². The molecule has 6 heteroatoms. The number of carbonyl (C=O) groups excluding carboxylic acids is 2. The predicted molar refractivity (Wildman–Crippen MR) is 136 cm³/mol. The van der Waals surface area contributed by atoms with E-state index in [-0.39, 0.29) is 22.0 Å². The molecule has 1 heterocycles. The van der Waals surface area contributed by atoms with E-state index >= 15 is 0 Å². The predicted octanol–water partition coefficient (Wildman–Crippen LogP) is 5.61. The number of rotatable bonds is 6. The molecular weight excluding hydrogens is 442 g/mol. The quantitative estimate of drug-likeness (QED) is 0.545. The fraction of sp³-hybridized carbons (Fsp3) is 0.483. The number of amides is 2. The number of carboxylic acids is 1. The van der Waals surface area contributed by atoms with Gasteiger partial charge in [-0.15, -0.1) is 0 Å². The van der Waals surface area contributed by atoms with Crippen LogP contribution >= 0.6 is 0 Å². The molecule has 188 valence electrons. The molecule has 2 aromatic rings. The molecule has 2 amide bonds. The highest BCUT2D eigenvalue weighted by molar-refractivity contribution is 6.22. The highest BCUT2D eigenvalue weighted by atomic mass is 16.5. The standard InChI is InChI=1S/C29H37NO5/c1-27(2,3)20-14-17(15-21(22(20)35-9)28(4,5)6)16-29(7,8)23(26(33)34)30-24(31)18-12-10-11-13-19(18)25(30)32/h10-15,23H,16H2,1-9H3,(H,33,34)/t23-/m1/s1. The molecule has 6 nitrogen and oxygen atoms in total. The third-order valence-electron chi connectivity index (χ3n) is 6.69. The lowest BCUT2D eigenvalue weighted by Crippen LogP contribution is -2.53. The van der Waals surface area contributed by atoms with Gasteiger partial charge in [-0.1, -0.05) is 79.7 Å². The molecule has 3 rings (SSSR count). The Balaban J connectivity index is 2.11. The topological polar surface area (TPSA) is 83.9 Å². The smallest absolute Gasteiger partial charge is 0.327 e. The monoisotopic (exact) mass is 479 g/mol. The van der Waals surface area contributed by atoms with Gasteiger partial charge in [0.05, 0.1) is 18.2 Å². The molecule has 1 atom stereocenters. The van der Waals surface area contributed by atoms with E-state index in [1.54, 1.807) is 45.2 Å². The number of nitrogens with zero attached hydrogens (tertiary/aromatic N) is 1. The van der Waals surface area contributed by atoms with Crippen LogP contribution in [0.25, 0.3) is 0 Å². The second-order valence-corrected chi connectivity index (χ2v) is 12.2. The molecule has 0 aliphatic carbocycles. The van der Waals surface area contributed by atoms with Gasteiger partial charge in [-0.05, 0) is 34.9 Å². The first kappa shape index (κ1) is 26.5. The summed E-state index contributed by atoms with van der Waals surface area (Å²) in [6.45, 7) is 16.3. The van der Waals surface area contributed by atoms with Crippen molar-refractivity contribution in [2.75, 3.05) is 7.11 Å². The summed E-state index contributed by atoms with van der Waals surface area (Å²) in [6.07, 6.45) is 0.355. The first-order valence-electron chi connectivity index (χ1n) is 11.9. The Kier molecular flexibility index (Phi) is 6.66. The number of fused-ring (bicyclic) bond motifs is 1. The van der Waals surface area contributed by atoms with Gasteiger partial charge in [0, 0.05) is 16.5 Å². The van der Waals surface area contributed by atoms with Crippen LogP contribution in [-0.2, 0) is 22.0 Å². The van der Waals surface area contributed by atoms with Crippen molar-refractivity contribution in [1.82, 2.24) is 4.90 Å². The largest absolute Gasteiger partial charge is 0.496 e. The first-order chi connectivity index (χ1) is 16.0. The molecule has 2 aromatic carbocycles. The number of aliphatic carboxylic acids is 1. The third kappa shape index (κ3) is 4.84. The van der Waals surface area contributed by atoms with Gasteiger partial charge in [-0.3, -0.25) is 14.5 Å². The van der Waals surface area contributed by atoms with E-state index in [0.29, 0.717) is 6.42 Å². The van der Waals surface area contributed by atoms with Crippen LogP contribution in [0.15, 0.2) is 36.4 Å². The Morgan fingerprint density at radius 1 is 0.886 bits per heavy atom. The van der Waals surface area contributed by atoms with Crippen molar-refractivity contribution in [3.63, 3.8) is 0 Å². The van der Waals surface area contributed by atoms with Crippen molar-refractivity contribution in [2.24, 2.45) is 5.41 Å². The zero-order valence-electron chi connectivity index (χ0n) is 22.3. The average Bonchev–Trinajstić information content (AvgIpc) is 2.96. The maximum atomic E-state index is 13.1. The number of methoxy groups -OCH3 is 1. The normalized spacial score (nSPS) is 15.3. The zero-order chi connectivity index (χ0) is 26.5. The van der Waals surface area contributed by atoms with Crippen molar-refractivity contribution in [2.45, 2.75) is 78.7 Å². The van der Waals surface area contributed by atoms with Crippen molar-refractivity contribution < 1.29 is 24.2 Å². The molecule has 1 N–H and O–H groups in total. The lowest BCUT2D eigenvalue weighted by atomic mass is 9.74. The van der Waals surface area contributed by atoms with E-state index in [1.807, 2.05) is 0 Å². The van der Waals surface area contributed by atoms with Gasteiger partial charge in [0.1, 0.15) is 11.8 Å². The van der Waals surface area contributed by atoms with Gasteiger partial charge in [0.25, 0.3) is 11.8 Å². The first-order valence-corrected chi connectivity index (χ1v) is 11.9. The van der Waals surface area contributed by atoms with Crippen LogP contribution in [0.1, 0.15) is 92.8 Å². The summed E-state index contributed by atoms with van der Waals surface area (Å²) in [5.41, 5.74) is 2.13. The Bertz CT molecular complexity index is 1110. The summed E-state index contributed by atoms with van der Waals surface area (Å²) >= 11 is 0. The van der Waals surface area contributed by atoms with E-state index in [4.69, 9.17) is 4.74 Å². The molecule has 0 fully saturated rings. The Morgan fingerprint density at radius 3 is 1.66 bits per heavy atom. The maximum absolute atomic E-state index is 13.1. The minimum Gasteiger partial charge on any atom is -0.496 e. The summed E-state index contributed by atoms with van der Waals surface area (Å²) in [5, 5.41) is 10.2. The number of carboxylic acid groups (broad SMARTS) is 1. The number of ether oxygens (including phenoxy) is 1. The summed E-state index contributed by atoms with van der Waals surface area (Å²) in [4.78, 5) is 39.7. The van der Waals surface area contributed by atoms with Gasteiger partial charge in [-0.2, -0.15) is 0 Å². The molecule has 1 aliphatic heterocycles. The second kappa shape index (κ2) is 8.81. The third-order valence-corrected chi connectivity index (χ3v) is 6.69. The van der Waals surface area contributed by atoms with Gasteiger partial charge >= 0.3 is 5.97 Å². The van der Waals surface area contributed by atoms with Gasteiger partial charge < -0.3 is 9.84 Å². The highest BCUT2D eigenvalue weighted by Gasteiger charge is 2.49. The van der Waals surface area contributed by atoms with Crippen LogP contribution in [0, 0.1) is 5.41 Å². The molecule has 0 spiro atoms. The fourth-order valence-electron chi connectivity index (χ4n) is 4.98. The van der Waals surface area contributed by atoms with Crippen LogP contribution in [0.4, 0.5) is 0 Å². The summed E-state index contributed by atoms with van der Waals surface area (Å²) in [6, 6.07) is 9.29. The summed E-state index contributed by atoms with van der Waals surface area (Å²) in [7, 11) is 1.67. The SMILES string of the molecule is COc1c(C(C)(C)C)cc(CC(C)(C)[C@@H](C(=O)O)N2C(=O)c3ccccc3C2=O)cc1C(C)(C)C. The zero-order valence-corrected chi connectivity index (χ0v) is 22.3. The number of hydrogen-bond acceptors (Lipinski definition) is 4. The number of imide groups is 1. The molecule has 35 heavy (non-hydrogen) atoms. The molecule has 0 radical (unpaired) electrons. The van der Waals surface area contributed by atoms with E-state index in [1.165, 1.54) is 0 Å². The minimum atomic E-state index is -1.33. The molecule has 1 aliphatic rings. The van der Waals surface area contributed by atoms with Crippen molar-refractivity contribution in [3.05, 3.63) is 64.2 Å². The van der Waals surface area contributed by atoms with E-state index < -0.39 is 29.2 Å². The van der Waals surface area contributed by atoms with Crippen LogP contribution in [-0.4, -0.2) is 40.9 Å². The number of hydrogen-bond donors (Lipinski definition) is 1. The Morgan fingerprint density at radius 2 is 1.31 bits per heavy atom. The van der Waals surface area contributed by atoms with Crippen molar-refractivity contribution >= 4 is 17.8 Å². The maximum Gasteiger partial charge on any atom is 0.327 e. The van der Waals surface area contributed by atoms with Gasteiger partial charge in [0.2, 0.25) is 0 Å². The van der Waals surface area contributed by atoms with Gasteiger partial charge in [0.15, 0.2) is 0 Å². The van der Waals surface area contributed by atoms with Crippen LogP contribution in [0.2, 0.25) is 0 Å². The van der Waals surface area contributed by atoms with Crippen molar-refractivity contribution in [1.29, 1.82) is 0 Å². The van der Waals surface area contributed by atoms with E-state index in [0.717, 1.165) is 27.3 Å². The summed E-state index contributed by atoms with van der Waals surface area (Å²) in [5.74, 6) is -1.50. The van der Waals surface area contributed by atoms with E-state index in [9.17, 15) is 19.5 Å². The lowest BCUT2D eigenvalue weighted by Gasteiger charge is -2.37. The van der Waals surface area contributed by atoms with Crippen LogP contribution < -0.4 is 4.74 Å². The number of benzene rings is 2. The molecule has 0 saturated heterocycles. The number of carbonyl (C=O) groups is 3. The molecule has 0 unspecified atom stereocenters. The van der Waals surface area contributed by atoms with Crippen molar-refractivity contribution in [3.8, 4) is 5.75 Å². The minimum absolute atomic E-state index is 0.208.